The highest BCUT2D eigenvalue weighted by Crippen LogP contribution is 2.51. The third-order valence-electron chi connectivity index (χ3n) is 6.38. The van der Waals surface area contributed by atoms with E-state index in [2.05, 4.69) is 12.2 Å². The maximum Gasteiger partial charge on any atom is 0.230 e. The van der Waals surface area contributed by atoms with Gasteiger partial charge in [-0.2, -0.15) is 0 Å². The van der Waals surface area contributed by atoms with Crippen LogP contribution in [0.3, 0.4) is 0 Å². The molecule has 0 heterocycles. The van der Waals surface area contributed by atoms with E-state index in [0.29, 0.717) is 12.0 Å². The van der Waals surface area contributed by atoms with Gasteiger partial charge in [0.2, 0.25) is 5.91 Å². The fourth-order valence-electron chi connectivity index (χ4n) is 4.90. The number of amides is 1. The summed E-state index contributed by atoms with van der Waals surface area (Å²) in [7, 11) is 0. The fraction of sp³-hybridized carbons (Fsp3) is 0.632. The van der Waals surface area contributed by atoms with E-state index in [4.69, 9.17) is 11.6 Å². The maximum absolute atomic E-state index is 12.8. The molecule has 4 atom stereocenters. The van der Waals surface area contributed by atoms with E-state index in [1.54, 1.807) is 0 Å². The summed E-state index contributed by atoms with van der Waals surface area (Å²) in [6.07, 6.45) is 7.43. The molecule has 0 unspecified atom stereocenters. The lowest BCUT2D eigenvalue weighted by molar-refractivity contribution is -0.124. The molecule has 1 aromatic carbocycles. The summed E-state index contributed by atoms with van der Waals surface area (Å²) < 4.78 is 0. The second-order valence-electron chi connectivity index (χ2n) is 7.69. The highest BCUT2D eigenvalue weighted by atomic mass is 35.5. The van der Waals surface area contributed by atoms with Crippen molar-refractivity contribution in [2.24, 2.45) is 17.8 Å². The molecular formula is C19H24ClNO. The zero-order valence-electron chi connectivity index (χ0n) is 13.1. The van der Waals surface area contributed by atoms with Gasteiger partial charge in [-0.05, 0) is 74.5 Å². The minimum absolute atomic E-state index is 0.227. The molecule has 3 aliphatic rings. The number of hydrogen-bond acceptors (Lipinski definition) is 1. The van der Waals surface area contributed by atoms with E-state index in [9.17, 15) is 4.79 Å². The van der Waals surface area contributed by atoms with Gasteiger partial charge in [0.1, 0.15) is 0 Å². The Kier molecular flexibility index (Phi) is 3.48. The molecule has 3 aliphatic carbocycles. The first-order valence-electron chi connectivity index (χ1n) is 8.65. The van der Waals surface area contributed by atoms with Crippen LogP contribution in [0.5, 0.6) is 0 Å². The molecule has 1 amide bonds. The first-order valence-corrected chi connectivity index (χ1v) is 9.03. The molecule has 118 valence electrons. The number of nitrogens with one attached hydrogen (secondary N) is 1. The van der Waals surface area contributed by atoms with E-state index in [0.717, 1.165) is 35.3 Å². The van der Waals surface area contributed by atoms with E-state index < -0.39 is 0 Å². The molecule has 0 aromatic heterocycles. The number of carbonyl (C=O) groups excluding carboxylic acids is 1. The number of fused-ring (bicyclic) bond motifs is 2. The Hall–Kier alpha value is -1.02. The van der Waals surface area contributed by atoms with Gasteiger partial charge < -0.3 is 5.32 Å². The van der Waals surface area contributed by atoms with Crippen LogP contribution in [0, 0.1) is 17.8 Å². The molecule has 2 nitrogen and oxygen atoms in total. The van der Waals surface area contributed by atoms with Gasteiger partial charge in [-0.25, -0.2) is 0 Å². The topological polar surface area (TPSA) is 29.1 Å². The Morgan fingerprint density at radius 3 is 2.50 bits per heavy atom. The second kappa shape index (κ2) is 5.26. The summed E-state index contributed by atoms with van der Waals surface area (Å²) in [5.74, 6) is 2.71. The average molecular weight is 318 g/mol. The first-order chi connectivity index (χ1) is 10.6. The lowest BCUT2D eigenvalue weighted by Crippen LogP contribution is -2.44. The minimum atomic E-state index is -0.281. The molecule has 0 radical (unpaired) electrons. The number of carbonyl (C=O) groups is 1. The smallest absolute Gasteiger partial charge is 0.230 e. The van der Waals surface area contributed by atoms with Crippen molar-refractivity contribution in [1.82, 2.24) is 5.32 Å². The summed E-state index contributed by atoms with van der Waals surface area (Å²) in [5.41, 5.74) is 0.839. The van der Waals surface area contributed by atoms with Crippen LogP contribution in [-0.2, 0) is 10.2 Å². The normalized spacial score (nSPS) is 32.7. The Labute approximate surface area is 137 Å². The van der Waals surface area contributed by atoms with Crippen molar-refractivity contribution in [1.29, 1.82) is 0 Å². The highest BCUT2D eigenvalue weighted by Gasteiger charge is 2.52. The summed E-state index contributed by atoms with van der Waals surface area (Å²) >= 11 is 5.97. The number of hydrogen-bond donors (Lipinski definition) is 1. The molecule has 0 saturated heterocycles. The SMILES string of the molecule is C[C@@H](NC(=O)C1(c2ccc(Cl)cc2)CC1)[C@@H]1C[C@H]2CC[C@H]1C2. The molecule has 4 rings (SSSR count). The molecule has 2 bridgehead atoms. The van der Waals surface area contributed by atoms with Crippen LogP contribution in [0.4, 0.5) is 0 Å². The van der Waals surface area contributed by atoms with Crippen LogP contribution in [0.25, 0.3) is 0 Å². The third-order valence-corrected chi connectivity index (χ3v) is 6.63. The Balaban J connectivity index is 1.44. The van der Waals surface area contributed by atoms with E-state index in [1.807, 2.05) is 24.3 Å². The quantitative estimate of drug-likeness (QED) is 0.880. The molecule has 1 N–H and O–H groups in total. The van der Waals surface area contributed by atoms with Crippen molar-refractivity contribution in [3.05, 3.63) is 34.9 Å². The van der Waals surface area contributed by atoms with Crippen molar-refractivity contribution >= 4 is 17.5 Å². The van der Waals surface area contributed by atoms with Crippen molar-refractivity contribution in [2.75, 3.05) is 0 Å². The summed E-state index contributed by atoms with van der Waals surface area (Å²) in [4.78, 5) is 12.8. The van der Waals surface area contributed by atoms with E-state index >= 15 is 0 Å². The van der Waals surface area contributed by atoms with Crippen molar-refractivity contribution in [2.45, 2.75) is 56.9 Å². The predicted octanol–water partition coefficient (Wildman–Crippen LogP) is 4.31. The van der Waals surface area contributed by atoms with Crippen LogP contribution in [0.1, 0.15) is 51.0 Å². The van der Waals surface area contributed by atoms with Crippen molar-refractivity contribution in [3.8, 4) is 0 Å². The van der Waals surface area contributed by atoms with Crippen LogP contribution in [0.15, 0.2) is 24.3 Å². The molecule has 1 aromatic rings. The average Bonchev–Trinajstić information content (AvgIpc) is 3.05. The molecule has 3 heteroatoms. The van der Waals surface area contributed by atoms with Gasteiger partial charge in [0, 0.05) is 11.1 Å². The van der Waals surface area contributed by atoms with E-state index in [1.165, 1.54) is 25.7 Å². The molecule has 0 aliphatic heterocycles. The van der Waals surface area contributed by atoms with Gasteiger partial charge in [-0.15, -0.1) is 0 Å². The van der Waals surface area contributed by atoms with Crippen LogP contribution < -0.4 is 5.32 Å². The van der Waals surface area contributed by atoms with Gasteiger partial charge in [-0.3, -0.25) is 4.79 Å². The monoisotopic (exact) mass is 317 g/mol. The predicted molar refractivity (Wildman–Crippen MR) is 88.9 cm³/mol. The highest BCUT2D eigenvalue weighted by molar-refractivity contribution is 6.30. The van der Waals surface area contributed by atoms with Crippen molar-refractivity contribution < 1.29 is 4.79 Å². The standard InChI is InChI=1S/C19H24ClNO/c1-12(17-11-13-2-3-14(17)10-13)21-18(22)19(8-9-19)15-4-6-16(20)7-5-15/h4-7,12-14,17H,2-3,8-11H2,1H3,(H,21,22)/t12-,13+,14+,17+/m1/s1. The number of benzene rings is 1. The van der Waals surface area contributed by atoms with Gasteiger partial charge in [0.15, 0.2) is 0 Å². The number of rotatable bonds is 4. The zero-order chi connectivity index (χ0) is 15.3. The third kappa shape index (κ3) is 2.36. The molecule has 3 fully saturated rings. The molecular weight excluding hydrogens is 294 g/mol. The Morgan fingerprint density at radius 2 is 1.95 bits per heavy atom. The van der Waals surface area contributed by atoms with Gasteiger partial charge in [0.05, 0.1) is 5.41 Å². The Bertz CT molecular complexity index is 578. The molecule has 0 spiro atoms. The second-order valence-corrected chi connectivity index (χ2v) is 8.13. The van der Waals surface area contributed by atoms with Crippen LogP contribution in [-0.4, -0.2) is 11.9 Å². The summed E-state index contributed by atoms with van der Waals surface area (Å²) in [5, 5.41) is 4.08. The lowest BCUT2D eigenvalue weighted by atomic mass is 9.83. The fourth-order valence-corrected chi connectivity index (χ4v) is 5.03. The lowest BCUT2D eigenvalue weighted by Gasteiger charge is -2.30. The van der Waals surface area contributed by atoms with E-state index in [-0.39, 0.29) is 11.3 Å². The van der Waals surface area contributed by atoms with Crippen LogP contribution >= 0.6 is 11.6 Å². The van der Waals surface area contributed by atoms with Gasteiger partial charge in [0.25, 0.3) is 0 Å². The Morgan fingerprint density at radius 1 is 1.23 bits per heavy atom. The minimum Gasteiger partial charge on any atom is -0.353 e. The van der Waals surface area contributed by atoms with Crippen LogP contribution in [0.2, 0.25) is 5.02 Å². The largest absolute Gasteiger partial charge is 0.353 e. The van der Waals surface area contributed by atoms with Gasteiger partial charge in [-0.1, -0.05) is 30.2 Å². The summed E-state index contributed by atoms with van der Waals surface area (Å²) in [6, 6.07) is 8.12. The first kappa shape index (κ1) is 14.6. The van der Waals surface area contributed by atoms with Gasteiger partial charge >= 0.3 is 0 Å². The maximum atomic E-state index is 12.8. The number of halogens is 1. The summed E-state index contributed by atoms with van der Waals surface area (Å²) in [6.45, 7) is 2.21. The molecule has 22 heavy (non-hydrogen) atoms. The zero-order valence-corrected chi connectivity index (χ0v) is 13.9. The van der Waals surface area contributed by atoms with Crippen molar-refractivity contribution in [3.63, 3.8) is 0 Å². The molecule has 3 saturated carbocycles.